The molecule has 0 unspecified atom stereocenters. The molecule has 1 aromatic carbocycles. The van der Waals surface area contributed by atoms with E-state index < -0.39 is 5.54 Å². The zero-order valence-corrected chi connectivity index (χ0v) is 20.3. The fraction of sp³-hybridized carbons (Fsp3) is 0.556. The van der Waals surface area contributed by atoms with Crippen LogP contribution in [0.1, 0.15) is 73.6 Å². The van der Waals surface area contributed by atoms with E-state index in [0.717, 1.165) is 57.3 Å². The zero-order chi connectivity index (χ0) is 23.7. The van der Waals surface area contributed by atoms with Gasteiger partial charge in [0.25, 0.3) is 5.91 Å². The molecule has 2 aromatic rings. The minimum absolute atomic E-state index is 0.00277. The van der Waals surface area contributed by atoms with Crippen molar-refractivity contribution in [1.29, 1.82) is 0 Å². The summed E-state index contributed by atoms with van der Waals surface area (Å²) in [6, 6.07) is 12.1. The number of nitrogens with one attached hydrogen (secondary N) is 1. The average molecular weight is 462 g/mol. The number of benzene rings is 1. The second-order valence-corrected chi connectivity index (χ2v) is 10.4. The maximum Gasteiger partial charge on any atom is 0.273 e. The molecule has 3 aliphatic rings. The van der Waals surface area contributed by atoms with Crippen LogP contribution in [-0.2, 0) is 11.2 Å². The van der Waals surface area contributed by atoms with E-state index in [4.69, 9.17) is 4.98 Å². The summed E-state index contributed by atoms with van der Waals surface area (Å²) in [6.45, 7) is 5.91. The molecule has 7 heteroatoms. The van der Waals surface area contributed by atoms with Crippen LogP contribution in [0.4, 0.5) is 5.95 Å². The van der Waals surface area contributed by atoms with Crippen LogP contribution in [0.3, 0.4) is 0 Å². The van der Waals surface area contributed by atoms with Gasteiger partial charge in [-0.1, -0.05) is 30.3 Å². The highest BCUT2D eigenvalue weighted by Gasteiger charge is 2.52. The molecule has 2 amide bonds. The summed E-state index contributed by atoms with van der Waals surface area (Å²) in [6.07, 6.45) is 7.12. The molecule has 0 saturated carbocycles. The maximum atomic E-state index is 14.1. The van der Waals surface area contributed by atoms with Crippen LogP contribution in [0.5, 0.6) is 0 Å². The lowest BCUT2D eigenvalue weighted by atomic mass is 9.88. The number of hydrogen-bond donors (Lipinski definition) is 1. The van der Waals surface area contributed by atoms with Gasteiger partial charge in [-0.2, -0.15) is 0 Å². The lowest BCUT2D eigenvalue weighted by Gasteiger charge is -2.35. The molecule has 1 N–H and O–H groups in total. The fourth-order valence-corrected chi connectivity index (χ4v) is 6.11. The third-order valence-electron chi connectivity index (χ3n) is 7.68. The number of carbonyl (C=O) groups excluding carboxylic acids is 2. The molecule has 5 rings (SSSR count). The predicted octanol–water partition coefficient (Wildman–Crippen LogP) is 3.66. The largest absolute Gasteiger partial charge is 0.349 e. The Morgan fingerprint density at radius 1 is 1.12 bits per heavy atom. The van der Waals surface area contributed by atoms with Crippen molar-refractivity contribution in [2.45, 2.75) is 82.8 Å². The van der Waals surface area contributed by atoms with Crippen molar-refractivity contribution in [3.8, 4) is 0 Å². The van der Waals surface area contributed by atoms with E-state index in [1.165, 1.54) is 12.0 Å². The Morgan fingerprint density at radius 2 is 1.88 bits per heavy atom. The first-order valence-corrected chi connectivity index (χ1v) is 12.7. The molecule has 0 bridgehead atoms. The summed E-state index contributed by atoms with van der Waals surface area (Å²) in [4.78, 5) is 40.3. The summed E-state index contributed by atoms with van der Waals surface area (Å²) in [5.74, 6) is 0.705. The van der Waals surface area contributed by atoms with E-state index in [1.807, 2.05) is 36.1 Å². The van der Waals surface area contributed by atoms with E-state index in [-0.39, 0.29) is 23.9 Å². The van der Waals surface area contributed by atoms with Crippen LogP contribution in [0, 0.1) is 6.92 Å². The topological polar surface area (TPSA) is 78.4 Å². The van der Waals surface area contributed by atoms with Gasteiger partial charge in [0, 0.05) is 31.2 Å². The van der Waals surface area contributed by atoms with Gasteiger partial charge in [-0.3, -0.25) is 9.59 Å². The Bertz CT molecular complexity index is 1050. The number of amides is 2. The van der Waals surface area contributed by atoms with Crippen molar-refractivity contribution in [2.24, 2.45) is 0 Å². The van der Waals surface area contributed by atoms with E-state index in [0.29, 0.717) is 18.1 Å². The molecule has 0 spiro atoms. The normalized spacial score (nSPS) is 27.2. The number of nitrogens with zero attached hydrogens (tertiary/aromatic N) is 4. The molecule has 180 valence electrons. The van der Waals surface area contributed by atoms with Gasteiger partial charge in [0.2, 0.25) is 11.9 Å². The molecule has 0 aliphatic carbocycles. The maximum absolute atomic E-state index is 14.1. The van der Waals surface area contributed by atoms with Crippen molar-refractivity contribution in [1.82, 2.24) is 20.2 Å². The van der Waals surface area contributed by atoms with Crippen molar-refractivity contribution in [2.75, 3.05) is 18.0 Å². The van der Waals surface area contributed by atoms with Crippen molar-refractivity contribution < 1.29 is 9.59 Å². The van der Waals surface area contributed by atoms with Crippen LogP contribution in [-0.4, -0.2) is 57.4 Å². The Kier molecular flexibility index (Phi) is 6.28. The first-order valence-electron chi connectivity index (χ1n) is 12.7. The fourth-order valence-electron chi connectivity index (χ4n) is 6.11. The second kappa shape index (κ2) is 9.35. The highest BCUT2D eigenvalue weighted by Crippen LogP contribution is 2.40. The quantitative estimate of drug-likeness (QED) is 0.752. The summed E-state index contributed by atoms with van der Waals surface area (Å²) in [7, 11) is 0. The molecule has 34 heavy (non-hydrogen) atoms. The number of hydrogen-bond acceptors (Lipinski definition) is 5. The van der Waals surface area contributed by atoms with Crippen molar-refractivity contribution in [3.63, 3.8) is 0 Å². The molecule has 0 radical (unpaired) electrons. The minimum atomic E-state index is -0.430. The van der Waals surface area contributed by atoms with Crippen LogP contribution in [0.15, 0.2) is 36.4 Å². The second-order valence-electron chi connectivity index (χ2n) is 10.4. The molecule has 7 nitrogen and oxygen atoms in total. The number of likely N-dealkylation sites (tertiary alicyclic amines) is 1. The van der Waals surface area contributed by atoms with Gasteiger partial charge in [0.1, 0.15) is 5.69 Å². The lowest BCUT2D eigenvalue weighted by Crippen LogP contribution is -2.54. The number of fused-ring (bicyclic) bond motifs is 1. The number of aromatic nitrogens is 2. The molecule has 1 aromatic heterocycles. The van der Waals surface area contributed by atoms with Gasteiger partial charge in [-0.15, -0.1) is 0 Å². The van der Waals surface area contributed by atoms with Crippen LogP contribution < -0.4 is 10.2 Å². The minimum Gasteiger partial charge on any atom is -0.349 e. The predicted molar refractivity (Wildman–Crippen MR) is 132 cm³/mol. The molecular weight excluding hydrogens is 426 g/mol. The molecule has 3 saturated heterocycles. The zero-order valence-electron chi connectivity index (χ0n) is 20.3. The number of anilines is 1. The SMILES string of the molecule is Cc1cc(C(=O)N2[C@H](Cc3ccccc3)C[C@]3(C)NC(=O)CCC[C@H]23)nc(N2CCCCC2)n1. The highest BCUT2D eigenvalue weighted by atomic mass is 16.2. The third-order valence-corrected chi connectivity index (χ3v) is 7.68. The number of rotatable bonds is 4. The average Bonchev–Trinajstić information content (AvgIpc) is 3.00. The van der Waals surface area contributed by atoms with E-state index in [9.17, 15) is 9.59 Å². The first-order chi connectivity index (χ1) is 16.4. The van der Waals surface area contributed by atoms with E-state index in [2.05, 4.69) is 34.3 Å². The number of piperidine rings is 1. The highest BCUT2D eigenvalue weighted by molar-refractivity contribution is 5.94. The van der Waals surface area contributed by atoms with Gasteiger partial charge >= 0.3 is 0 Å². The van der Waals surface area contributed by atoms with E-state index in [1.54, 1.807) is 0 Å². The number of carbonyl (C=O) groups is 2. The Labute approximate surface area is 202 Å². The van der Waals surface area contributed by atoms with Gasteiger partial charge in [-0.25, -0.2) is 9.97 Å². The number of aryl methyl sites for hydroxylation is 1. The molecular formula is C27H35N5O2. The van der Waals surface area contributed by atoms with Crippen LogP contribution in [0.2, 0.25) is 0 Å². The molecule has 3 fully saturated rings. The van der Waals surface area contributed by atoms with Crippen molar-refractivity contribution >= 4 is 17.8 Å². The van der Waals surface area contributed by atoms with E-state index >= 15 is 0 Å². The lowest BCUT2D eigenvalue weighted by molar-refractivity contribution is -0.122. The van der Waals surface area contributed by atoms with Crippen LogP contribution >= 0.6 is 0 Å². The first kappa shape index (κ1) is 22.8. The molecule has 3 aliphatic heterocycles. The summed E-state index contributed by atoms with van der Waals surface area (Å²) < 4.78 is 0. The van der Waals surface area contributed by atoms with Crippen LogP contribution in [0.25, 0.3) is 0 Å². The Morgan fingerprint density at radius 3 is 2.65 bits per heavy atom. The monoisotopic (exact) mass is 461 g/mol. The molecule has 3 atom stereocenters. The van der Waals surface area contributed by atoms with Gasteiger partial charge in [0.05, 0.1) is 11.6 Å². The van der Waals surface area contributed by atoms with Gasteiger partial charge in [0.15, 0.2) is 0 Å². The standard InChI is InChI=1S/C27H35N5O2/c1-19-16-22(29-26(28-19)31-14-7-4-8-15-31)25(34)32-21(17-20-10-5-3-6-11-20)18-27(2)23(32)12-9-13-24(33)30-27/h3,5-6,10-11,16,21,23H,4,7-9,12-15,17-18H2,1-2H3,(H,30,33)/t21-,23+,27+/m1/s1. The summed E-state index contributed by atoms with van der Waals surface area (Å²) in [5.41, 5.74) is 2.05. The Balaban J connectivity index is 1.49. The summed E-state index contributed by atoms with van der Waals surface area (Å²) in [5, 5.41) is 3.27. The molecule has 4 heterocycles. The van der Waals surface area contributed by atoms with Gasteiger partial charge in [-0.05, 0) is 70.4 Å². The third kappa shape index (κ3) is 4.52. The Hall–Kier alpha value is -2.96. The van der Waals surface area contributed by atoms with Crippen molar-refractivity contribution in [3.05, 3.63) is 53.3 Å². The summed E-state index contributed by atoms with van der Waals surface area (Å²) >= 11 is 0. The smallest absolute Gasteiger partial charge is 0.273 e. The van der Waals surface area contributed by atoms with Gasteiger partial charge < -0.3 is 15.1 Å².